The largest absolute Gasteiger partial charge is 0.466 e. The third kappa shape index (κ3) is 5.19. The van der Waals surface area contributed by atoms with Crippen molar-refractivity contribution in [2.45, 2.75) is 6.92 Å². The van der Waals surface area contributed by atoms with E-state index in [-0.39, 0.29) is 0 Å². The van der Waals surface area contributed by atoms with Crippen LogP contribution in [0.3, 0.4) is 0 Å². The first-order valence-electron chi connectivity index (χ1n) is 3.16. The van der Waals surface area contributed by atoms with Crippen LogP contribution in [0.2, 0.25) is 0 Å². The van der Waals surface area contributed by atoms with Crippen LogP contribution >= 0.6 is 0 Å². The van der Waals surface area contributed by atoms with Gasteiger partial charge in [0.1, 0.15) is 0 Å². The van der Waals surface area contributed by atoms with Crippen LogP contribution in [0.1, 0.15) is 6.92 Å². The summed E-state index contributed by atoms with van der Waals surface area (Å²) in [6.45, 7) is 2.02. The second kappa shape index (κ2) is 5.51. The summed E-state index contributed by atoms with van der Waals surface area (Å²) >= 11 is 0. The minimum Gasteiger partial charge on any atom is -0.466 e. The molecule has 0 aliphatic heterocycles. The summed E-state index contributed by atoms with van der Waals surface area (Å²) in [6.07, 6.45) is 1.32. The number of nitrogens with two attached hydrogens (primary N) is 1. The fourth-order valence-electron chi connectivity index (χ4n) is 0.462. The van der Waals surface area contributed by atoms with Gasteiger partial charge in [0.2, 0.25) is 0 Å². The Kier molecular flexibility index (Phi) is 4.87. The maximum Gasteiger partial charge on any atom is 0.331 e. The monoisotopic (exact) mass is 153 g/mol. The van der Waals surface area contributed by atoms with Crippen molar-refractivity contribution >= 4 is 5.97 Å². The van der Waals surface area contributed by atoms with E-state index in [0.29, 0.717) is 12.1 Å². The van der Waals surface area contributed by atoms with Crippen LogP contribution in [0.4, 0.5) is 0 Å². The van der Waals surface area contributed by atoms with Gasteiger partial charge in [-0.05, 0) is 6.92 Å². The molecule has 0 saturated carbocycles. The molecule has 0 bridgehead atoms. The summed E-state index contributed by atoms with van der Waals surface area (Å²) in [5.41, 5.74) is 5.78. The molecule has 3 nitrogen and oxygen atoms in total. The van der Waals surface area contributed by atoms with Gasteiger partial charge in [0.15, 0.2) is 0 Å². The number of methoxy groups -OCH3 is 1. The topological polar surface area (TPSA) is 52.3 Å². The van der Waals surface area contributed by atoms with Gasteiger partial charge in [-0.15, -0.1) is 0 Å². The van der Waals surface area contributed by atoms with Crippen LogP contribution in [-0.2, 0) is 9.53 Å². The molecule has 0 atom stereocenters. The lowest BCUT2D eigenvalue weighted by atomic mass is 10.3. The predicted octanol–water partition coefficient (Wildman–Crippen LogP) is 0.0678. The van der Waals surface area contributed by atoms with Crippen LogP contribution in [0.5, 0.6) is 0 Å². The molecule has 2 N–H and O–H groups in total. The lowest BCUT2D eigenvalue weighted by molar-refractivity contribution is -0.134. The standard InChI is InChI=1S/C8H11NO2/c1-7(4-3-5-9)6-8(10)11-2/h6H,5,9H2,1-2H3. The minimum atomic E-state index is -0.395. The molecule has 11 heavy (non-hydrogen) atoms. The smallest absolute Gasteiger partial charge is 0.331 e. The summed E-state index contributed by atoms with van der Waals surface area (Å²) in [6, 6.07) is 0. The van der Waals surface area contributed by atoms with E-state index in [1.54, 1.807) is 6.92 Å². The summed E-state index contributed by atoms with van der Waals surface area (Å²) in [7, 11) is 1.32. The first-order chi connectivity index (χ1) is 5.20. The molecule has 0 aliphatic carbocycles. The van der Waals surface area contributed by atoms with E-state index < -0.39 is 5.97 Å². The summed E-state index contributed by atoms with van der Waals surface area (Å²) in [5.74, 6) is 4.92. The second-order valence-electron chi connectivity index (χ2n) is 1.86. The Hall–Kier alpha value is -1.27. The third-order valence-electron chi connectivity index (χ3n) is 0.923. The van der Waals surface area contributed by atoms with Gasteiger partial charge in [0, 0.05) is 11.6 Å². The first-order valence-corrected chi connectivity index (χ1v) is 3.16. The van der Waals surface area contributed by atoms with E-state index >= 15 is 0 Å². The number of esters is 1. The maximum absolute atomic E-state index is 10.6. The van der Waals surface area contributed by atoms with Crippen molar-refractivity contribution < 1.29 is 9.53 Å². The first kappa shape index (κ1) is 9.73. The van der Waals surface area contributed by atoms with Gasteiger partial charge >= 0.3 is 5.97 Å². The van der Waals surface area contributed by atoms with Gasteiger partial charge in [-0.1, -0.05) is 11.8 Å². The quantitative estimate of drug-likeness (QED) is 0.329. The Morgan fingerprint density at radius 1 is 1.73 bits per heavy atom. The molecular formula is C8H11NO2. The van der Waals surface area contributed by atoms with Gasteiger partial charge in [0.25, 0.3) is 0 Å². The van der Waals surface area contributed by atoms with Crippen molar-refractivity contribution in [3.05, 3.63) is 11.6 Å². The molecule has 0 saturated heterocycles. The average molecular weight is 153 g/mol. The number of ether oxygens (including phenoxy) is 1. The Labute approximate surface area is 66.2 Å². The van der Waals surface area contributed by atoms with Gasteiger partial charge in [-0.3, -0.25) is 0 Å². The highest BCUT2D eigenvalue weighted by Crippen LogP contribution is 1.89. The van der Waals surface area contributed by atoms with Gasteiger partial charge < -0.3 is 10.5 Å². The molecule has 0 heterocycles. The zero-order chi connectivity index (χ0) is 8.69. The van der Waals surface area contributed by atoms with E-state index in [2.05, 4.69) is 16.6 Å². The molecule has 0 amide bonds. The lowest BCUT2D eigenvalue weighted by Gasteiger charge is -1.89. The average Bonchev–Trinajstić information content (AvgIpc) is 2.00. The van der Waals surface area contributed by atoms with Crippen molar-refractivity contribution in [2.75, 3.05) is 13.7 Å². The zero-order valence-corrected chi connectivity index (χ0v) is 6.68. The minimum absolute atomic E-state index is 0.298. The normalized spacial score (nSPS) is 9.91. The summed E-state index contributed by atoms with van der Waals surface area (Å²) in [5, 5.41) is 0. The summed E-state index contributed by atoms with van der Waals surface area (Å²) in [4.78, 5) is 10.6. The van der Waals surface area contributed by atoms with Crippen LogP contribution < -0.4 is 5.73 Å². The van der Waals surface area contributed by atoms with Crippen molar-refractivity contribution in [1.82, 2.24) is 0 Å². The molecule has 0 aromatic rings. The highest BCUT2D eigenvalue weighted by Gasteiger charge is 1.91. The summed E-state index contributed by atoms with van der Waals surface area (Å²) < 4.78 is 4.39. The van der Waals surface area contributed by atoms with Crippen molar-refractivity contribution in [2.24, 2.45) is 5.73 Å². The van der Waals surface area contributed by atoms with E-state index in [0.717, 1.165) is 0 Å². The number of hydrogen-bond acceptors (Lipinski definition) is 3. The van der Waals surface area contributed by atoms with Crippen molar-refractivity contribution in [3.63, 3.8) is 0 Å². The predicted molar refractivity (Wildman–Crippen MR) is 42.6 cm³/mol. The number of carbonyl (C=O) groups excluding carboxylic acids is 1. The molecule has 0 aromatic heterocycles. The van der Waals surface area contributed by atoms with Crippen LogP contribution in [0.25, 0.3) is 0 Å². The Morgan fingerprint density at radius 3 is 2.82 bits per heavy atom. The van der Waals surface area contributed by atoms with Gasteiger partial charge in [0.05, 0.1) is 13.7 Å². The highest BCUT2D eigenvalue weighted by atomic mass is 16.5. The highest BCUT2D eigenvalue weighted by molar-refractivity contribution is 5.83. The van der Waals surface area contributed by atoms with E-state index in [9.17, 15) is 4.79 Å². The molecule has 60 valence electrons. The second-order valence-corrected chi connectivity index (χ2v) is 1.86. The lowest BCUT2D eigenvalue weighted by Crippen LogP contribution is -1.96. The fraction of sp³-hybridized carbons (Fsp3) is 0.375. The van der Waals surface area contributed by atoms with Crippen molar-refractivity contribution in [3.8, 4) is 11.8 Å². The molecule has 0 rings (SSSR count). The van der Waals surface area contributed by atoms with E-state index in [1.807, 2.05) is 0 Å². The number of rotatable bonds is 1. The molecular weight excluding hydrogens is 142 g/mol. The van der Waals surface area contributed by atoms with Crippen LogP contribution in [0, 0.1) is 11.8 Å². The number of hydrogen-bond donors (Lipinski definition) is 1. The van der Waals surface area contributed by atoms with Gasteiger partial charge in [-0.25, -0.2) is 4.79 Å². The maximum atomic E-state index is 10.6. The van der Waals surface area contributed by atoms with E-state index in [4.69, 9.17) is 5.73 Å². The molecule has 0 aliphatic rings. The number of allylic oxidation sites excluding steroid dienone is 1. The SMILES string of the molecule is COC(=O)C=C(C)C#CCN. The Morgan fingerprint density at radius 2 is 2.36 bits per heavy atom. The molecule has 3 heteroatoms. The Balaban J connectivity index is 4.11. The van der Waals surface area contributed by atoms with Gasteiger partial charge in [-0.2, -0.15) is 0 Å². The molecule has 0 fully saturated rings. The molecule has 0 unspecified atom stereocenters. The van der Waals surface area contributed by atoms with Crippen molar-refractivity contribution in [1.29, 1.82) is 0 Å². The molecule has 0 radical (unpaired) electrons. The third-order valence-corrected chi connectivity index (χ3v) is 0.923. The zero-order valence-electron chi connectivity index (χ0n) is 6.68. The van der Waals surface area contributed by atoms with Crippen LogP contribution in [0.15, 0.2) is 11.6 Å². The molecule has 0 aromatic carbocycles. The molecule has 0 spiro atoms. The fourth-order valence-corrected chi connectivity index (χ4v) is 0.462. The van der Waals surface area contributed by atoms with Crippen LogP contribution in [-0.4, -0.2) is 19.6 Å². The Bertz CT molecular complexity index is 220. The van der Waals surface area contributed by atoms with E-state index in [1.165, 1.54) is 13.2 Å². The number of carbonyl (C=O) groups is 1.